The minimum absolute atomic E-state index is 0.277. The normalized spacial score (nSPS) is 10.7. The Morgan fingerprint density at radius 3 is 2.55 bits per heavy atom. The lowest BCUT2D eigenvalue weighted by atomic mass is 10.0. The molecular formula is C24H24BrNO4S. The Labute approximate surface area is 194 Å². The molecule has 1 heterocycles. The van der Waals surface area contributed by atoms with Crippen molar-refractivity contribution in [2.75, 3.05) is 11.9 Å². The number of nitrogens with one attached hydrogen (secondary N) is 1. The molecule has 0 atom stereocenters. The van der Waals surface area contributed by atoms with Crippen molar-refractivity contribution < 1.29 is 19.1 Å². The molecule has 1 amide bonds. The van der Waals surface area contributed by atoms with Crippen LogP contribution in [-0.4, -0.2) is 24.6 Å². The van der Waals surface area contributed by atoms with Gasteiger partial charge in [-0.2, -0.15) is 0 Å². The highest BCUT2D eigenvalue weighted by molar-refractivity contribution is 9.10. The molecule has 162 valence electrons. The second-order valence-electron chi connectivity index (χ2n) is 7.14. The Balaban J connectivity index is 1.92. The molecule has 0 saturated heterocycles. The van der Waals surface area contributed by atoms with Gasteiger partial charge in [-0.15, -0.1) is 11.3 Å². The van der Waals surface area contributed by atoms with Gasteiger partial charge < -0.3 is 14.8 Å². The predicted molar refractivity (Wildman–Crippen MR) is 128 cm³/mol. The summed E-state index contributed by atoms with van der Waals surface area (Å²) in [5.41, 5.74) is 2.40. The molecule has 31 heavy (non-hydrogen) atoms. The molecule has 2 aromatic carbocycles. The molecule has 0 unspecified atom stereocenters. The molecule has 1 N–H and O–H groups in total. The van der Waals surface area contributed by atoms with E-state index in [-0.39, 0.29) is 12.0 Å². The van der Waals surface area contributed by atoms with Gasteiger partial charge in [0.15, 0.2) is 0 Å². The summed E-state index contributed by atoms with van der Waals surface area (Å²) < 4.78 is 12.0. The molecule has 7 heteroatoms. The number of ether oxygens (including phenoxy) is 2. The van der Waals surface area contributed by atoms with Gasteiger partial charge >= 0.3 is 5.97 Å². The van der Waals surface area contributed by atoms with Crippen molar-refractivity contribution in [3.63, 3.8) is 0 Å². The largest absolute Gasteiger partial charge is 0.494 e. The van der Waals surface area contributed by atoms with Crippen LogP contribution >= 0.6 is 27.3 Å². The molecular weight excluding hydrogens is 478 g/mol. The van der Waals surface area contributed by atoms with Crippen LogP contribution in [0.25, 0.3) is 11.1 Å². The van der Waals surface area contributed by atoms with Crippen LogP contribution in [0.2, 0.25) is 0 Å². The van der Waals surface area contributed by atoms with Crippen molar-refractivity contribution in [2.45, 2.75) is 33.3 Å². The second-order valence-corrected chi connectivity index (χ2v) is 8.94. The van der Waals surface area contributed by atoms with Gasteiger partial charge in [-0.1, -0.05) is 41.1 Å². The van der Waals surface area contributed by atoms with Crippen LogP contribution in [0.5, 0.6) is 5.75 Å². The van der Waals surface area contributed by atoms with Crippen LogP contribution in [0.4, 0.5) is 5.00 Å². The van der Waals surface area contributed by atoms with Crippen LogP contribution in [0.15, 0.2) is 58.4 Å². The third kappa shape index (κ3) is 5.95. The third-order valence-electron chi connectivity index (χ3n) is 4.29. The number of benzene rings is 2. The first kappa shape index (κ1) is 23.0. The standard InChI is InChI=1S/C24H24BrNO4S/c1-4-12-29-19-7-5-6-17(13-19)22(27)26-23-21(24(28)30-15(2)3)20(14-31-23)16-8-10-18(25)11-9-16/h5-11,13-15H,4,12H2,1-3H3,(H,26,27). The van der Waals surface area contributed by atoms with E-state index in [1.807, 2.05) is 42.6 Å². The Kier molecular flexibility index (Phi) is 7.87. The molecule has 0 aliphatic carbocycles. The van der Waals surface area contributed by atoms with Gasteiger partial charge in [-0.05, 0) is 56.2 Å². The average molecular weight is 502 g/mol. The van der Waals surface area contributed by atoms with Crippen molar-refractivity contribution in [3.8, 4) is 16.9 Å². The van der Waals surface area contributed by atoms with Gasteiger partial charge in [0, 0.05) is 21.0 Å². The number of hydrogen-bond donors (Lipinski definition) is 1. The fourth-order valence-corrected chi connectivity index (χ4v) is 4.11. The molecule has 0 bridgehead atoms. The Morgan fingerprint density at radius 1 is 1.13 bits per heavy atom. The van der Waals surface area contributed by atoms with E-state index in [1.54, 1.807) is 32.0 Å². The van der Waals surface area contributed by atoms with Crippen LogP contribution in [0.1, 0.15) is 47.9 Å². The van der Waals surface area contributed by atoms with Gasteiger partial charge in [0.2, 0.25) is 0 Å². The van der Waals surface area contributed by atoms with E-state index in [2.05, 4.69) is 21.2 Å². The molecule has 3 aromatic rings. The van der Waals surface area contributed by atoms with Crippen LogP contribution < -0.4 is 10.1 Å². The summed E-state index contributed by atoms with van der Waals surface area (Å²) in [6.07, 6.45) is 0.604. The Morgan fingerprint density at radius 2 is 1.87 bits per heavy atom. The lowest BCUT2D eigenvalue weighted by Crippen LogP contribution is -2.17. The maximum absolute atomic E-state index is 12.9. The minimum Gasteiger partial charge on any atom is -0.494 e. The SMILES string of the molecule is CCCOc1cccc(C(=O)Nc2scc(-c3ccc(Br)cc3)c2C(=O)OC(C)C)c1. The number of halogens is 1. The summed E-state index contributed by atoms with van der Waals surface area (Å²) in [5.74, 6) is -0.148. The molecule has 3 rings (SSSR count). The monoisotopic (exact) mass is 501 g/mol. The van der Waals surface area contributed by atoms with E-state index in [0.29, 0.717) is 28.5 Å². The van der Waals surface area contributed by atoms with E-state index in [1.165, 1.54) is 11.3 Å². The highest BCUT2D eigenvalue weighted by atomic mass is 79.9. The van der Waals surface area contributed by atoms with E-state index < -0.39 is 5.97 Å². The van der Waals surface area contributed by atoms with Crippen molar-refractivity contribution in [2.24, 2.45) is 0 Å². The topological polar surface area (TPSA) is 64.6 Å². The second kappa shape index (κ2) is 10.6. The summed E-state index contributed by atoms with van der Waals surface area (Å²) in [4.78, 5) is 25.8. The van der Waals surface area contributed by atoms with E-state index in [9.17, 15) is 9.59 Å². The maximum atomic E-state index is 12.9. The first-order valence-electron chi connectivity index (χ1n) is 10.0. The molecule has 0 aliphatic rings. The van der Waals surface area contributed by atoms with Crippen LogP contribution in [0, 0.1) is 0 Å². The lowest BCUT2D eigenvalue weighted by molar-refractivity contribution is 0.0380. The number of anilines is 1. The molecule has 0 saturated carbocycles. The molecule has 0 radical (unpaired) electrons. The quantitative estimate of drug-likeness (QED) is 0.345. The zero-order valence-corrected chi connectivity index (χ0v) is 20.0. The van der Waals surface area contributed by atoms with E-state index in [4.69, 9.17) is 9.47 Å². The highest BCUT2D eigenvalue weighted by Crippen LogP contribution is 2.37. The fraction of sp³-hybridized carbons (Fsp3) is 0.250. The lowest BCUT2D eigenvalue weighted by Gasteiger charge is -2.12. The Hall–Kier alpha value is -2.64. The summed E-state index contributed by atoms with van der Waals surface area (Å²) in [5, 5.41) is 5.19. The van der Waals surface area contributed by atoms with Gasteiger partial charge in [0.25, 0.3) is 5.91 Å². The minimum atomic E-state index is -0.468. The summed E-state index contributed by atoms with van der Waals surface area (Å²) in [7, 11) is 0. The number of amides is 1. The van der Waals surface area contributed by atoms with Crippen molar-refractivity contribution >= 4 is 44.1 Å². The Bertz CT molecular complexity index is 1060. The number of rotatable bonds is 8. The zero-order valence-electron chi connectivity index (χ0n) is 17.6. The maximum Gasteiger partial charge on any atom is 0.342 e. The fourth-order valence-electron chi connectivity index (χ4n) is 2.89. The number of hydrogen-bond acceptors (Lipinski definition) is 5. The molecule has 5 nitrogen and oxygen atoms in total. The summed E-state index contributed by atoms with van der Waals surface area (Å²) in [6.45, 7) is 6.19. The van der Waals surface area contributed by atoms with Crippen LogP contribution in [0.3, 0.4) is 0 Å². The van der Waals surface area contributed by atoms with E-state index in [0.717, 1.165) is 22.0 Å². The molecule has 0 spiro atoms. The average Bonchev–Trinajstić information content (AvgIpc) is 3.16. The highest BCUT2D eigenvalue weighted by Gasteiger charge is 2.24. The number of carbonyl (C=O) groups excluding carboxylic acids is 2. The third-order valence-corrected chi connectivity index (χ3v) is 5.71. The number of esters is 1. The van der Waals surface area contributed by atoms with Gasteiger partial charge in [0.1, 0.15) is 16.3 Å². The molecule has 0 fully saturated rings. The predicted octanol–water partition coefficient (Wildman–Crippen LogP) is 6.78. The van der Waals surface area contributed by atoms with Gasteiger partial charge in [-0.3, -0.25) is 4.79 Å². The molecule has 0 aliphatic heterocycles. The van der Waals surface area contributed by atoms with Crippen LogP contribution in [-0.2, 0) is 4.74 Å². The first-order chi connectivity index (χ1) is 14.9. The zero-order chi connectivity index (χ0) is 22.4. The summed E-state index contributed by atoms with van der Waals surface area (Å²) >= 11 is 4.72. The summed E-state index contributed by atoms with van der Waals surface area (Å²) in [6, 6.07) is 14.6. The van der Waals surface area contributed by atoms with Crippen molar-refractivity contribution in [3.05, 3.63) is 69.5 Å². The van der Waals surface area contributed by atoms with Gasteiger partial charge in [-0.25, -0.2) is 4.79 Å². The van der Waals surface area contributed by atoms with Crippen molar-refractivity contribution in [1.29, 1.82) is 0 Å². The van der Waals surface area contributed by atoms with E-state index >= 15 is 0 Å². The first-order valence-corrected chi connectivity index (χ1v) is 11.7. The molecule has 1 aromatic heterocycles. The van der Waals surface area contributed by atoms with Crippen molar-refractivity contribution in [1.82, 2.24) is 0 Å². The van der Waals surface area contributed by atoms with Gasteiger partial charge in [0.05, 0.1) is 12.7 Å². The smallest absolute Gasteiger partial charge is 0.342 e. The number of carbonyl (C=O) groups is 2. The number of thiophene rings is 1.